The smallest absolute Gasteiger partial charge is 0.255 e. The Morgan fingerprint density at radius 3 is 2.72 bits per heavy atom. The van der Waals surface area contributed by atoms with Crippen molar-refractivity contribution in [1.29, 1.82) is 0 Å². The second-order valence-corrected chi connectivity index (χ2v) is 6.56. The summed E-state index contributed by atoms with van der Waals surface area (Å²) in [5, 5.41) is 10.4. The predicted molar refractivity (Wildman–Crippen MR) is 112 cm³/mol. The molecule has 2 aromatic carbocycles. The number of ether oxygens (including phenoxy) is 1. The molecule has 7 nitrogen and oxygen atoms in total. The molecular formula is C22H21N5O2. The molecule has 0 radical (unpaired) electrons. The monoisotopic (exact) mass is 387 g/mol. The standard InChI is InChI=1S/C22H21N5O2/c1-15-20(21(28)26-17-10-6-7-11-19(17)29-2)18(27-22(25-15)23-14-24-27)13-12-16-8-4-3-5-9-16/h3-14,18H,1-2H3,(H,26,28)(H,23,24,25)/b13-12+. The highest BCUT2D eigenvalue weighted by molar-refractivity contribution is 6.06. The highest BCUT2D eigenvalue weighted by atomic mass is 16.5. The van der Waals surface area contributed by atoms with Crippen molar-refractivity contribution in [2.24, 2.45) is 0 Å². The number of carbonyl (C=O) groups excluding carboxylic acids is 1. The average molecular weight is 387 g/mol. The Hall–Kier alpha value is -3.87. The van der Waals surface area contributed by atoms with Gasteiger partial charge in [-0.15, -0.1) is 0 Å². The van der Waals surface area contributed by atoms with Gasteiger partial charge in [0.2, 0.25) is 5.95 Å². The first-order valence-electron chi connectivity index (χ1n) is 9.22. The van der Waals surface area contributed by atoms with E-state index < -0.39 is 6.04 Å². The molecule has 0 bridgehead atoms. The van der Waals surface area contributed by atoms with Gasteiger partial charge >= 0.3 is 0 Å². The lowest BCUT2D eigenvalue weighted by atomic mass is 10.0. The lowest BCUT2D eigenvalue weighted by Gasteiger charge is -2.26. The number of nitrogens with zero attached hydrogens (tertiary/aromatic N) is 3. The normalized spacial score (nSPS) is 15.7. The Kier molecular flexibility index (Phi) is 5.11. The SMILES string of the molecule is COc1ccccc1NC(=O)C1=C(C)Nc2ncnn2C1/C=C/c1ccccc1. The third kappa shape index (κ3) is 3.75. The third-order valence-corrected chi connectivity index (χ3v) is 4.71. The minimum Gasteiger partial charge on any atom is -0.495 e. The summed E-state index contributed by atoms with van der Waals surface area (Å²) < 4.78 is 7.05. The number of rotatable bonds is 5. The van der Waals surface area contributed by atoms with E-state index in [1.165, 1.54) is 6.33 Å². The number of hydrogen-bond acceptors (Lipinski definition) is 5. The van der Waals surface area contributed by atoms with Gasteiger partial charge in [-0.3, -0.25) is 4.79 Å². The van der Waals surface area contributed by atoms with Gasteiger partial charge in [0, 0.05) is 5.70 Å². The fourth-order valence-electron chi connectivity index (χ4n) is 3.31. The maximum atomic E-state index is 13.2. The van der Waals surface area contributed by atoms with Crippen molar-refractivity contribution in [3.63, 3.8) is 0 Å². The Labute approximate surface area is 168 Å². The summed E-state index contributed by atoms with van der Waals surface area (Å²) in [6.45, 7) is 1.86. The number of anilines is 2. The largest absolute Gasteiger partial charge is 0.495 e. The van der Waals surface area contributed by atoms with Gasteiger partial charge in [-0.25, -0.2) is 4.68 Å². The van der Waals surface area contributed by atoms with E-state index in [1.54, 1.807) is 23.9 Å². The first-order chi connectivity index (χ1) is 14.2. The summed E-state index contributed by atoms with van der Waals surface area (Å²) in [5.41, 5.74) is 2.92. The minimum absolute atomic E-state index is 0.233. The number of benzene rings is 2. The minimum atomic E-state index is -0.399. The average Bonchev–Trinajstić information content (AvgIpc) is 3.21. The third-order valence-electron chi connectivity index (χ3n) is 4.71. The van der Waals surface area contributed by atoms with Crippen LogP contribution in [0, 0.1) is 0 Å². The van der Waals surface area contributed by atoms with Gasteiger partial charge in [0.25, 0.3) is 5.91 Å². The van der Waals surface area contributed by atoms with E-state index in [0.717, 1.165) is 11.3 Å². The van der Waals surface area contributed by atoms with Crippen LogP contribution in [-0.2, 0) is 4.79 Å². The summed E-state index contributed by atoms with van der Waals surface area (Å²) in [6, 6.07) is 16.8. The van der Waals surface area contributed by atoms with E-state index in [2.05, 4.69) is 20.7 Å². The van der Waals surface area contributed by atoms with Crippen LogP contribution in [0.15, 0.2) is 78.3 Å². The maximum absolute atomic E-state index is 13.2. The van der Waals surface area contributed by atoms with E-state index in [0.29, 0.717) is 23.0 Å². The number of amides is 1. The quantitative estimate of drug-likeness (QED) is 0.694. The molecule has 0 fully saturated rings. The van der Waals surface area contributed by atoms with Gasteiger partial charge in [0.1, 0.15) is 18.1 Å². The van der Waals surface area contributed by atoms with Crippen LogP contribution in [0.1, 0.15) is 18.5 Å². The molecule has 1 aliphatic heterocycles. The van der Waals surface area contributed by atoms with E-state index in [1.807, 2.05) is 61.5 Å². The molecule has 1 atom stereocenters. The number of methoxy groups -OCH3 is 1. The zero-order valence-electron chi connectivity index (χ0n) is 16.2. The Morgan fingerprint density at radius 2 is 1.93 bits per heavy atom. The number of para-hydroxylation sites is 2. The van der Waals surface area contributed by atoms with Crippen molar-refractivity contribution in [1.82, 2.24) is 14.8 Å². The molecule has 4 rings (SSSR count). The van der Waals surface area contributed by atoms with Crippen molar-refractivity contribution in [3.05, 3.63) is 83.8 Å². The van der Waals surface area contributed by atoms with Gasteiger partial charge in [0.15, 0.2) is 0 Å². The molecular weight excluding hydrogens is 366 g/mol. The predicted octanol–water partition coefficient (Wildman–Crippen LogP) is 3.88. The van der Waals surface area contributed by atoms with Crippen LogP contribution in [0.5, 0.6) is 5.75 Å². The molecule has 1 amide bonds. The maximum Gasteiger partial charge on any atom is 0.255 e. The lowest BCUT2D eigenvalue weighted by Crippen LogP contribution is -2.30. The molecule has 7 heteroatoms. The summed E-state index contributed by atoms with van der Waals surface area (Å²) in [5.74, 6) is 0.961. The number of nitrogens with one attached hydrogen (secondary N) is 2. The summed E-state index contributed by atoms with van der Waals surface area (Å²) >= 11 is 0. The van der Waals surface area contributed by atoms with E-state index in [9.17, 15) is 4.79 Å². The fraction of sp³-hybridized carbons (Fsp3) is 0.136. The van der Waals surface area contributed by atoms with Crippen molar-refractivity contribution < 1.29 is 9.53 Å². The van der Waals surface area contributed by atoms with Crippen molar-refractivity contribution in [3.8, 4) is 5.75 Å². The van der Waals surface area contributed by atoms with Crippen molar-refractivity contribution in [2.75, 3.05) is 17.7 Å². The van der Waals surface area contributed by atoms with Gasteiger partial charge in [-0.05, 0) is 24.6 Å². The Bertz CT molecular complexity index is 1090. The van der Waals surface area contributed by atoms with Crippen molar-refractivity contribution >= 4 is 23.6 Å². The molecule has 0 saturated carbocycles. The number of allylic oxidation sites excluding steroid dienone is 2. The van der Waals surface area contributed by atoms with Crippen LogP contribution in [0.3, 0.4) is 0 Å². The Balaban J connectivity index is 1.69. The second-order valence-electron chi connectivity index (χ2n) is 6.56. The van der Waals surface area contributed by atoms with Crippen LogP contribution in [-0.4, -0.2) is 27.8 Å². The summed E-state index contributed by atoms with van der Waals surface area (Å²) in [7, 11) is 1.57. The number of fused-ring (bicyclic) bond motifs is 1. The first-order valence-corrected chi connectivity index (χ1v) is 9.22. The highest BCUT2D eigenvalue weighted by Crippen LogP contribution is 2.32. The van der Waals surface area contributed by atoms with E-state index >= 15 is 0 Å². The molecule has 0 saturated heterocycles. The molecule has 3 aromatic rings. The van der Waals surface area contributed by atoms with Gasteiger partial charge in [-0.1, -0.05) is 54.6 Å². The van der Waals surface area contributed by atoms with E-state index in [-0.39, 0.29) is 5.91 Å². The van der Waals surface area contributed by atoms with Crippen molar-refractivity contribution in [2.45, 2.75) is 13.0 Å². The zero-order chi connectivity index (χ0) is 20.2. The van der Waals surface area contributed by atoms with Crippen LogP contribution in [0.4, 0.5) is 11.6 Å². The molecule has 2 N–H and O–H groups in total. The van der Waals surface area contributed by atoms with Crippen LogP contribution in [0.2, 0.25) is 0 Å². The molecule has 1 unspecified atom stereocenters. The molecule has 29 heavy (non-hydrogen) atoms. The van der Waals surface area contributed by atoms with Crippen LogP contribution >= 0.6 is 0 Å². The molecule has 2 heterocycles. The van der Waals surface area contributed by atoms with Gasteiger partial charge in [-0.2, -0.15) is 10.1 Å². The number of carbonyl (C=O) groups is 1. The zero-order valence-corrected chi connectivity index (χ0v) is 16.2. The highest BCUT2D eigenvalue weighted by Gasteiger charge is 2.30. The molecule has 0 aliphatic carbocycles. The molecule has 1 aromatic heterocycles. The topological polar surface area (TPSA) is 81.1 Å². The van der Waals surface area contributed by atoms with Crippen LogP contribution < -0.4 is 15.4 Å². The summed E-state index contributed by atoms with van der Waals surface area (Å²) in [4.78, 5) is 17.5. The number of hydrogen-bond donors (Lipinski definition) is 2. The number of aromatic nitrogens is 3. The van der Waals surface area contributed by atoms with Crippen LogP contribution in [0.25, 0.3) is 6.08 Å². The Morgan fingerprint density at radius 1 is 1.17 bits per heavy atom. The lowest BCUT2D eigenvalue weighted by molar-refractivity contribution is -0.113. The fourth-order valence-corrected chi connectivity index (χ4v) is 3.31. The molecule has 146 valence electrons. The molecule has 1 aliphatic rings. The molecule has 0 spiro atoms. The first kappa shape index (κ1) is 18.5. The second kappa shape index (κ2) is 8.02. The van der Waals surface area contributed by atoms with E-state index in [4.69, 9.17) is 4.74 Å². The van der Waals surface area contributed by atoms with Gasteiger partial charge < -0.3 is 15.4 Å². The summed E-state index contributed by atoms with van der Waals surface area (Å²) in [6.07, 6.45) is 5.40. The van der Waals surface area contributed by atoms with Gasteiger partial charge in [0.05, 0.1) is 18.4 Å².